The quantitative estimate of drug-likeness (QED) is 0.0811. The molecule has 0 aliphatic heterocycles. The number of nitrogens with one attached hydrogen (secondary N) is 1. The van der Waals surface area contributed by atoms with Gasteiger partial charge in [0.1, 0.15) is 29.2 Å². The fourth-order valence-corrected chi connectivity index (χ4v) is 9.18. The molecule has 294 valence electrons. The van der Waals surface area contributed by atoms with Crippen LogP contribution in [0, 0.1) is 17.7 Å². The summed E-state index contributed by atoms with van der Waals surface area (Å²) in [6, 6.07) is 34.1. The highest BCUT2D eigenvalue weighted by molar-refractivity contribution is 6.00. The maximum atomic E-state index is 15.0. The molecule has 9 nitrogen and oxygen atoms in total. The number of primary amides is 1. The Morgan fingerprint density at radius 1 is 0.842 bits per heavy atom. The lowest BCUT2D eigenvalue weighted by Gasteiger charge is -2.42. The van der Waals surface area contributed by atoms with Gasteiger partial charge in [-0.3, -0.25) is 9.59 Å². The van der Waals surface area contributed by atoms with E-state index in [2.05, 4.69) is 41.4 Å². The van der Waals surface area contributed by atoms with Crippen molar-refractivity contribution in [3.63, 3.8) is 0 Å². The Kier molecular flexibility index (Phi) is 11.1. The Morgan fingerprint density at radius 3 is 2.00 bits per heavy atom. The first kappa shape index (κ1) is 38.3. The molecule has 2 aliphatic carbocycles. The van der Waals surface area contributed by atoms with Gasteiger partial charge in [-0.2, -0.15) is 0 Å². The van der Waals surface area contributed by atoms with Crippen LogP contribution in [0.25, 0.3) is 10.9 Å². The summed E-state index contributed by atoms with van der Waals surface area (Å²) in [7, 11) is 0. The van der Waals surface area contributed by atoms with Crippen LogP contribution in [0.15, 0.2) is 128 Å². The van der Waals surface area contributed by atoms with E-state index in [1.54, 1.807) is 18.5 Å². The van der Waals surface area contributed by atoms with Gasteiger partial charge in [0.25, 0.3) is 5.91 Å². The molecular weight excluding hydrogens is 718 g/mol. The molecule has 57 heavy (non-hydrogen) atoms. The third-order valence-corrected chi connectivity index (χ3v) is 12.2. The Bertz CT molecular complexity index is 2190. The summed E-state index contributed by atoms with van der Waals surface area (Å²) in [5.41, 5.74) is 9.63. The second kappa shape index (κ2) is 16.5. The van der Waals surface area contributed by atoms with Crippen molar-refractivity contribution >= 4 is 22.7 Å². The molecule has 0 radical (unpaired) electrons. The predicted molar refractivity (Wildman–Crippen MR) is 218 cm³/mol. The second-order valence-corrected chi connectivity index (χ2v) is 16.0. The Hall–Kier alpha value is -5.58. The van der Waals surface area contributed by atoms with E-state index in [1.807, 2.05) is 65.4 Å². The van der Waals surface area contributed by atoms with Crippen LogP contribution in [0.2, 0.25) is 0 Å². The van der Waals surface area contributed by atoms with E-state index in [1.165, 1.54) is 17.0 Å². The minimum Gasteiger partial charge on any atom is -0.390 e. The molecule has 5 N–H and O–H groups in total. The van der Waals surface area contributed by atoms with Crippen molar-refractivity contribution in [2.24, 2.45) is 17.6 Å². The number of benzene rings is 4. The summed E-state index contributed by atoms with van der Waals surface area (Å²) in [5, 5.41) is 24.0. The number of nitrogens with two attached hydrogens (primary N) is 1. The minimum atomic E-state index is -1.33. The standard InChI is InChI=1S/C47H50FN5O4/c48-37-23-24-39-33(26-37)27-40(51-39)46(57)53(41(25-31-13-5-1-6-14-31)44(55)43(54)32-21-22-32)42(45(49)56)28-38-29-52(30-50-38)47(34-15-7-2-8-16-34,35-17-9-3-10-18-35)36-19-11-4-12-20-36/h2-4,7-12,15-20,23-24,26-27,29-32,41-44,51,54-55H,1,5-6,13-14,21-22,25,28H2,(H2,49,56)/t41-,42?,43-,44+/m0/s1. The van der Waals surface area contributed by atoms with Gasteiger partial charge in [-0.15, -0.1) is 0 Å². The summed E-state index contributed by atoms with van der Waals surface area (Å²) in [5.74, 6) is -1.69. The van der Waals surface area contributed by atoms with Gasteiger partial charge in [0.15, 0.2) is 0 Å². The van der Waals surface area contributed by atoms with Crippen LogP contribution in [0.4, 0.5) is 4.39 Å². The van der Waals surface area contributed by atoms with Crippen molar-refractivity contribution in [1.82, 2.24) is 19.4 Å². The summed E-state index contributed by atoms with van der Waals surface area (Å²) < 4.78 is 16.4. The molecule has 10 heteroatoms. The number of carbonyl (C=O) groups excluding carboxylic acids is 2. The van der Waals surface area contributed by atoms with E-state index in [0.29, 0.717) is 23.0 Å². The number of aliphatic hydroxyl groups excluding tert-OH is 2. The van der Waals surface area contributed by atoms with E-state index in [9.17, 15) is 19.4 Å². The fraction of sp³-hybridized carbons (Fsp3) is 0.340. The lowest BCUT2D eigenvalue weighted by molar-refractivity contribution is -0.125. The zero-order valence-electron chi connectivity index (χ0n) is 32.0. The highest BCUT2D eigenvalue weighted by Crippen LogP contribution is 2.42. The predicted octanol–water partition coefficient (Wildman–Crippen LogP) is 7.35. The van der Waals surface area contributed by atoms with E-state index < -0.39 is 47.5 Å². The average molecular weight is 768 g/mol. The summed E-state index contributed by atoms with van der Waals surface area (Å²) in [4.78, 5) is 38.3. The number of hydrogen-bond donors (Lipinski definition) is 4. The molecule has 0 bridgehead atoms. The van der Waals surface area contributed by atoms with Crippen LogP contribution >= 0.6 is 0 Å². The van der Waals surface area contributed by atoms with Crippen molar-refractivity contribution in [1.29, 1.82) is 0 Å². The topological polar surface area (TPSA) is 137 Å². The van der Waals surface area contributed by atoms with Crippen LogP contribution in [-0.2, 0) is 16.8 Å². The molecule has 2 amide bonds. The molecule has 0 spiro atoms. The first-order valence-electron chi connectivity index (χ1n) is 20.2. The van der Waals surface area contributed by atoms with Gasteiger partial charge in [0.05, 0.1) is 24.2 Å². The number of imidazole rings is 1. The molecule has 2 aliphatic rings. The number of H-pyrrole nitrogens is 1. The van der Waals surface area contributed by atoms with Crippen molar-refractivity contribution in [2.45, 2.75) is 87.6 Å². The van der Waals surface area contributed by atoms with Crippen LogP contribution in [-0.4, -0.2) is 65.8 Å². The third kappa shape index (κ3) is 7.76. The molecule has 1 unspecified atom stereocenters. The van der Waals surface area contributed by atoms with E-state index >= 15 is 4.79 Å². The van der Waals surface area contributed by atoms with Crippen molar-refractivity contribution in [3.8, 4) is 0 Å². The molecule has 2 fully saturated rings. The third-order valence-electron chi connectivity index (χ3n) is 12.2. The summed E-state index contributed by atoms with van der Waals surface area (Å²) in [6.07, 6.45) is 8.16. The van der Waals surface area contributed by atoms with Gasteiger partial charge < -0.3 is 30.4 Å². The smallest absolute Gasteiger partial charge is 0.271 e. The Morgan fingerprint density at radius 2 is 1.44 bits per heavy atom. The molecule has 0 saturated heterocycles. The van der Waals surface area contributed by atoms with Crippen molar-refractivity contribution < 1.29 is 24.2 Å². The van der Waals surface area contributed by atoms with Gasteiger partial charge in [-0.05, 0) is 72.1 Å². The lowest BCUT2D eigenvalue weighted by Crippen LogP contribution is -2.60. The van der Waals surface area contributed by atoms with Crippen LogP contribution in [0.3, 0.4) is 0 Å². The maximum Gasteiger partial charge on any atom is 0.271 e. The molecule has 2 heterocycles. The van der Waals surface area contributed by atoms with Crippen LogP contribution < -0.4 is 5.73 Å². The fourth-order valence-electron chi connectivity index (χ4n) is 9.18. The number of halogens is 1. The SMILES string of the molecule is NC(=O)C(Cc1cn(C(c2ccccc2)(c2ccccc2)c2ccccc2)cn1)N(C(=O)c1cc2cc(F)ccc2[nH]1)[C@@H](CC1CCCCC1)[C@@H](O)[C@@H](O)C1CC1. The lowest BCUT2D eigenvalue weighted by atomic mass is 9.77. The van der Waals surface area contributed by atoms with Gasteiger partial charge in [-0.1, -0.05) is 123 Å². The first-order chi connectivity index (χ1) is 27.7. The molecule has 4 atom stereocenters. The van der Waals surface area contributed by atoms with Crippen molar-refractivity contribution in [2.75, 3.05) is 0 Å². The Balaban J connectivity index is 1.24. The number of fused-ring (bicyclic) bond motifs is 1. The highest BCUT2D eigenvalue weighted by atomic mass is 19.1. The second-order valence-electron chi connectivity index (χ2n) is 16.0. The molecule has 2 saturated carbocycles. The zero-order valence-corrected chi connectivity index (χ0v) is 32.0. The number of aliphatic hydroxyl groups is 2. The first-order valence-corrected chi connectivity index (χ1v) is 20.2. The van der Waals surface area contributed by atoms with Crippen molar-refractivity contribution in [3.05, 3.63) is 162 Å². The summed E-state index contributed by atoms with van der Waals surface area (Å²) >= 11 is 0. The summed E-state index contributed by atoms with van der Waals surface area (Å²) in [6.45, 7) is 0. The minimum absolute atomic E-state index is 0.0508. The molecule has 8 rings (SSSR count). The monoisotopic (exact) mass is 767 g/mol. The zero-order chi connectivity index (χ0) is 39.5. The number of amides is 2. The highest BCUT2D eigenvalue weighted by Gasteiger charge is 2.46. The maximum absolute atomic E-state index is 15.0. The van der Waals surface area contributed by atoms with E-state index in [4.69, 9.17) is 10.7 Å². The van der Waals surface area contributed by atoms with E-state index in [0.717, 1.165) is 61.6 Å². The molecule has 6 aromatic rings. The molecular formula is C47H50FN5O4. The normalized spacial score (nSPS) is 17.2. The number of hydrogen-bond acceptors (Lipinski definition) is 5. The van der Waals surface area contributed by atoms with E-state index in [-0.39, 0.29) is 24.0 Å². The van der Waals surface area contributed by atoms with Crippen LogP contribution in [0.1, 0.15) is 84.2 Å². The number of carbonyl (C=O) groups is 2. The number of aromatic nitrogens is 3. The number of rotatable bonds is 15. The average Bonchev–Trinajstić information content (AvgIpc) is 3.85. The Labute approximate surface area is 332 Å². The van der Waals surface area contributed by atoms with Gasteiger partial charge in [-0.25, -0.2) is 9.37 Å². The molecule has 2 aromatic heterocycles. The largest absolute Gasteiger partial charge is 0.390 e. The van der Waals surface area contributed by atoms with Gasteiger partial charge >= 0.3 is 0 Å². The number of aromatic amines is 1. The number of nitrogens with zero attached hydrogens (tertiary/aromatic N) is 3. The van der Waals surface area contributed by atoms with Gasteiger partial charge in [0, 0.05) is 23.5 Å². The molecule has 4 aromatic carbocycles. The van der Waals surface area contributed by atoms with Gasteiger partial charge in [0.2, 0.25) is 5.91 Å². The van der Waals surface area contributed by atoms with Crippen LogP contribution in [0.5, 0.6) is 0 Å².